The molecule has 0 aromatic heterocycles. The number of aliphatic hydroxyl groups excluding tert-OH is 3. The SMILES string of the molecule is CCCCCCCCCCCCCCCCC(=O)OC[C@H](COP(=O)(O)O)OC(=O)CCC[C@H](O)[C@@H](O)/C=C/C=C/C=C\C=C\[C@@H](O)CCCCC. The number of carbonyl (C=O) groups excluding carboxylic acids is 2. The smallest absolute Gasteiger partial charge is 0.462 e. The lowest BCUT2D eigenvalue weighted by Crippen LogP contribution is -2.29. The third kappa shape index (κ3) is 34.9. The second-order valence-corrected chi connectivity index (χ2v) is 14.7. The minimum absolute atomic E-state index is 0.0907. The van der Waals surface area contributed by atoms with Crippen LogP contribution in [0.2, 0.25) is 0 Å². The van der Waals surface area contributed by atoms with Gasteiger partial charge in [-0.05, 0) is 25.7 Å². The van der Waals surface area contributed by atoms with E-state index in [2.05, 4.69) is 18.4 Å². The van der Waals surface area contributed by atoms with E-state index in [4.69, 9.17) is 19.3 Å². The summed E-state index contributed by atoms with van der Waals surface area (Å²) in [6.07, 6.45) is 30.6. The molecular formula is C40H71O11P. The molecule has 52 heavy (non-hydrogen) atoms. The lowest BCUT2D eigenvalue weighted by molar-refractivity contribution is -0.161. The second-order valence-electron chi connectivity index (χ2n) is 13.5. The van der Waals surface area contributed by atoms with E-state index >= 15 is 0 Å². The first-order valence-corrected chi connectivity index (χ1v) is 21.3. The molecule has 0 aromatic carbocycles. The Kier molecular flexibility index (Phi) is 33.2. The van der Waals surface area contributed by atoms with Crippen LogP contribution in [0.3, 0.4) is 0 Å². The van der Waals surface area contributed by atoms with E-state index in [9.17, 15) is 29.5 Å². The summed E-state index contributed by atoms with van der Waals surface area (Å²) < 4.78 is 26.1. The number of hydrogen-bond acceptors (Lipinski definition) is 9. The summed E-state index contributed by atoms with van der Waals surface area (Å²) in [5, 5.41) is 30.3. The molecule has 0 rings (SSSR count). The van der Waals surface area contributed by atoms with Gasteiger partial charge in [0.25, 0.3) is 0 Å². The predicted octanol–water partition coefficient (Wildman–Crippen LogP) is 8.48. The van der Waals surface area contributed by atoms with E-state index in [0.717, 1.165) is 44.9 Å². The molecule has 4 atom stereocenters. The standard InChI is InChI=1S/C40H71O11P/c1-3-5-7-8-9-10-11-12-13-14-15-16-21-25-31-39(44)49-33-36(34-50-52(46,47)48)51-40(45)32-26-30-38(43)37(42)29-24-20-18-17-19-23-28-35(41)27-22-6-4-2/h17-20,23-24,28-29,35-38,41-43H,3-16,21-22,25-27,30-34H2,1-2H3,(H2,46,47,48)/b19-17-,20-18+,28-23+,29-24+/t35-,36+,37-,38-/m0/s1. The van der Waals surface area contributed by atoms with Crippen LogP contribution >= 0.6 is 7.82 Å². The molecule has 0 amide bonds. The maximum atomic E-state index is 12.4. The number of ether oxygens (including phenoxy) is 2. The number of aliphatic hydroxyl groups is 3. The van der Waals surface area contributed by atoms with E-state index in [1.54, 1.807) is 42.5 Å². The number of hydrogen-bond donors (Lipinski definition) is 5. The van der Waals surface area contributed by atoms with Gasteiger partial charge < -0.3 is 34.6 Å². The first-order chi connectivity index (χ1) is 25.0. The van der Waals surface area contributed by atoms with Crippen molar-refractivity contribution in [3.63, 3.8) is 0 Å². The summed E-state index contributed by atoms with van der Waals surface area (Å²) >= 11 is 0. The number of carbonyl (C=O) groups is 2. The summed E-state index contributed by atoms with van der Waals surface area (Å²) in [5.41, 5.74) is 0. The number of allylic oxidation sites excluding steroid dienone is 6. The molecule has 0 saturated heterocycles. The summed E-state index contributed by atoms with van der Waals surface area (Å²) in [5.74, 6) is -1.21. The Morgan fingerprint density at radius 1 is 0.577 bits per heavy atom. The van der Waals surface area contributed by atoms with Gasteiger partial charge >= 0.3 is 19.8 Å². The van der Waals surface area contributed by atoms with Crippen LogP contribution in [0.15, 0.2) is 48.6 Å². The molecule has 0 aliphatic heterocycles. The van der Waals surface area contributed by atoms with Crippen molar-refractivity contribution in [3.8, 4) is 0 Å². The molecule has 5 N–H and O–H groups in total. The van der Waals surface area contributed by atoms with Gasteiger partial charge in [-0.15, -0.1) is 0 Å². The Bertz CT molecular complexity index is 1040. The van der Waals surface area contributed by atoms with Crippen LogP contribution < -0.4 is 0 Å². The molecule has 0 bridgehead atoms. The molecule has 0 aromatic rings. The van der Waals surface area contributed by atoms with Crippen LogP contribution in [0.1, 0.15) is 155 Å². The Labute approximate surface area is 313 Å². The molecule has 0 radical (unpaired) electrons. The highest BCUT2D eigenvalue weighted by atomic mass is 31.2. The number of phosphoric acid groups is 1. The van der Waals surface area contributed by atoms with Crippen molar-refractivity contribution in [2.45, 2.75) is 180 Å². The summed E-state index contributed by atoms with van der Waals surface area (Å²) in [4.78, 5) is 42.8. The second kappa shape index (κ2) is 34.6. The molecule has 0 aliphatic carbocycles. The van der Waals surface area contributed by atoms with E-state index in [-0.39, 0.29) is 25.7 Å². The maximum absolute atomic E-state index is 12.4. The molecule has 0 saturated carbocycles. The highest BCUT2D eigenvalue weighted by Gasteiger charge is 2.23. The quantitative estimate of drug-likeness (QED) is 0.0181. The van der Waals surface area contributed by atoms with Crippen LogP contribution in [-0.4, -0.2) is 74.7 Å². The van der Waals surface area contributed by atoms with Crippen LogP contribution in [0.25, 0.3) is 0 Å². The third-order valence-electron chi connectivity index (χ3n) is 8.47. The third-order valence-corrected chi connectivity index (χ3v) is 8.95. The van der Waals surface area contributed by atoms with Crippen LogP contribution in [0.4, 0.5) is 0 Å². The molecule has 12 heteroatoms. The van der Waals surface area contributed by atoms with Crippen molar-refractivity contribution in [2.24, 2.45) is 0 Å². The summed E-state index contributed by atoms with van der Waals surface area (Å²) in [7, 11) is -4.85. The molecule has 0 unspecified atom stereocenters. The molecule has 0 spiro atoms. The minimum Gasteiger partial charge on any atom is -0.462 e. The molecule has 0 aliphatic rings. The Hall–Kier alpha value is -2.11. The number of phosphoric ester groups is 1. The van der Waals surface area contributed by atoms with Crippen molar-refractivity contribution in [1.82, 2.24) is 0 Å². The van der Waals surface area contributed by atoms with E-state index in [1.807, 2.05) is 0 Å². The van der Waals surface area contributed by atoms with Gasteiger partial charge in [0.05, 0.1) is 24.9 Å². The lowest BCUT2D eigenvalue weighted by atomic mass is 10.0. The van der Waals surface area contributed by atoms with Crippen LogP contribution in [0, 0.1) is 0 Å². The van der Waals surface area contributed by atoms with Gasteiger partial charge in [0.15, 0.2) is 6.10 Å². The molecule has 302 valence electrons. The maximum Gasteiger partial charge on any atom is 0.469 e. The Morgan fingerprint density at radius 2 is 1.06 bits per heavy atom. The number of rotatable bonds is 35. The van der Waals surface area contributed by atoms with E-state index < -0.39 is 57.4 Å². The van der Waals surface area contributed by atoms with E-state index in [0.29, 0.717) is 6.42 Å². The normalized spacial score (nSPS) is 14.8. The van der Waals surface area contributed by atoms with Crippen molar-refractivity contribution < 1.29 is 53.3 Å². The van der Waals surface area contributed by atoms with Crippen LogP contribution in [-0.2, 0) is 28.2 Å². The van der Waals surface area contributed by atoms with Gasteiger partial charge in [-0.3, -0.25) is 14.1 Å². The zero-order chi connectivity index (χ0) is 38.7. The van der Waals surface area contributed by atoms with Crippen LogP contribution in [0.5, 0.6) is 0 Å². The van der Waals surface area contributed by atoms with E-state index in [1.165, 1.54) is 70.3 Å². The zero-order valence-electron chi connectivity index (χ0n) is 32.0. The minimum atomic E-state index is -4.85. The average Bonchev–Trinajstić information content (AvgIpc) is 3.10. The fraction of sp³-hybridized carbons (Fsp3) is 0.750. The molecule has 0 heterocycles. The van der Waals surface area contributed by atoms with Gasteiger partial charge in [-0.1, -0.05) is 165 Å². The highest BCUT2D eigenvalue weighted by Crippen LogP contribution is 2.36. The van der Waals surface area contributed by atoms with Crippen molar-refractivity contribution in [1.29, 1.82) is 0 Å². The Morgan fingerprint density at radius 3 is 1.62 bits per heavy atom. The monoisotopic (exact) mass is 758 g/mol. The average molecular weight is 759 g/mol. The number of esters is 2. The van der Waals surface area contributed by atoms with Gasteiger partial charge in [0, 0.05) is 12.8 Å². The molecule has 11 nitrogen and oxygen atoms in total. The zero-order valence-corrected chi connectivity index (χ0v) is 32.9. The molecular weight excluding hydrogens is 687 g/mol. The molecule has 0 fully saturated rings. The van der Waals surface area contributed by atoms with Crippen molar-refractivity contribution in [2.75, 3.05) is 13.2 Å². The van der Waals surface area contributed by atoms with Gasteiger partial charge in [-0.2, -0.15) is 0 Å². The van der Waals surface area contributed by atoms with Gasteiger partial charge in [-0.25, -0.2) is 4.57 Å². The van der Waals surface area contributed by atoms with Gasteiger partial charge in [0.1, 0.15) is 6.61 Å². The number of unbranched alkanes of at least 4 members (excludes halogenated alkanes) is 15. The fourth-order valence-corrected chi connectivity index (χ4v) is 5.70. The van der Waals surface area contributed by atoms with Crippen molar-refractivity contribution >= 4 is 19.8 Å². The summed E-state index contributed by atoms with van der Waals surface area (Å²) in [6, 6.07) is 0. The highest BCUT2D eigenvalue weighted by molar-refractivity contribution is 7.46. The topological polar surface area (TPSA) is 180 Å². The summed E-state index contributed by atoms with van der Waals surface area (Å²) in [6.45, 7) is 3.29. The van der Waals surface area contributed by atoms with Gasteiger partial charge in [0.2, 0.25) is 0 Å². The largest absolute Gasteiger partial charge is 0.469 e. The fourth-order valence-electron chi connectivity index (χ4n) is 5.34. The Balaban J connectivity index is 4.31. The predicted molar refractivity (Wildman–Crippen MR) is 206 cm³/mol. The lowest BCUT2D eigenvalue weighted by Gasteiger charge is -2.19. The van der Waals surface area contributed by atoms with Crippen molar-refractivity contribution in [3.05, 3.63) is 48.6 Å². The first-order valence-electron chi connectivity index (χ1n) is 19.8. The first kappa shape index (κ1) is 49.9.